The van der Waals surface area contributed by atoms with Crippen LogP contribution in [0, 0.1) is 10.1 Å². The normalized spacial score (nSPS) is 10.6. The van der Waals surface area contributed by atoms with Gasteiger partial charge in [0, 0.05) is 6.07 Å². The molecule has 0 fully saturated rings. The third kappa shape index (κ3) is 3.12. The lowest BCUT2D eigenvalue weighted by atomic mass is 10.3. The van der Waals surface area contributed by atoms with Crippen molar-refractivity contribution in [1.82, 2.24) is 0 Å². The number of nitro benzene ring substituents is 1. The summed E-state index contributed by atoms with van der Waals surface area (Å²) in [5, 5.41) is 18.7. The summed E-state index contributed by atoms with van der Waals surface area (Å²) >= 11 is 0. The second-order valence-electron chi connectivity index (χ2n) is 3.64. The van der Waals surface area contributed by atoms with Crippen molar-refractivity contribution in [1.29, 1.82) is 0 Å². The topological polar surface area (TPSA) is 77.1 Å². The zero-order chi connectivity index (χ0) is 13.7. The minimum atomic E-state index is -0.484. The SMILES string of the molecule is COc1ccc(N=Nc2ccccc2[N+](=O)[O-])cc1. The molecule has 0 atom stereocenters. The van der Waals surface area contributed by atoms with Crippen molar-refractivity contribution in [3.8, 4) is 5.75 Å². The Labute approximate surface area is 109 Å². The largest absolute Gasteiger partial charge is 0.497 e. The van der Waals surface area contributed by atoms with Crippen LogP contribution in [0.1, 0.15) is 0 Å². The summed E-state index contributed by atoms with van der Waals surface area (Å²) in [6, 6.07) is 13.1. The molecule has 0 radical (unpaired) electrons. The van der Waals surface area contributed by atoms with E-state index < -0.39 is 4.92 Å². The predicted molar refractivity (Wildman–Crippen MR) is 70.3 cm³/mol. The van der Waals surface area contributed by atoms with E-state index in [1.807, 2.05) is 0 Å². The Balaban J connectivity index is 2.24. The number of ether oxygens (including phenoxy) is 1. The molecule has 19 heavy (non-hydrogen) atoms. The van der Waals surface area contributed by atoms with E-state index >= 15 is 0 Å². The van der Waals surface area contributed by atoms with Crippen LogP contribution in [-0.2, 0) is 0 Å². The van der Waals surface area contributed by atoms with Crippen molar-refractivity contribution in [3.05, 3.63) is 58.6 Å². The zero-order valence-electron chi connectivity index (χ0n) is 10.2. The number of benzene rings is 2. The Morgan fingerprint density at radius 1 is 1.05 bits per heavy atom. The monoisotopic (exact) mass is 257 g/mol. The summed E-state index contributed by atoms with van der Waals surface area (Å²) in [5.41, 5.74) is 0.752. The highest BCUT2D eigenvalue weighted by atomic mass is 16.6. The molecule has 0 saturated heterocycles. The van der Waals surface area contributed by atoms with Crippen molar-refractivity contribution in [2.24, 2.45) is 10.2 Å². The van der Waals surface area contributed by atoms with Crippen molar-refractivity contribution in [2.45, 2.75) is 0 Å². The van der Waals surface area contributed by atoms with Crippen molar-refractivity contribution < 1.29 is 9.66 Å². The number of para-hydroxylation sites is 1. The number of rotatable bonds is 4. The molecule has 0 aliphatic heterocycles. The lowest BCUT2D eigenvalue weighted by Gasteiger charge is -1.98. The van der Waals surface area contributed by atoms with Crippen molar-refractivity contribution in [2.75, 3.05) is 7.11 Å². The minimum absolute atomic E-state index is 0.0697. The van der Waals surface area contributed by atoms with E-state index in [4.69, 9.17) is 4.74 Å². The van der Waals surface area contributed by atoms with Crippen LogP contribution in [0.2, 0.25) is 0 Å². The van der Waals surface area contributed by atoms with Crippen LogP contribution in [0.15, 0.2) is 58.8 Å². The maximum atomic E-state index is 10.8. The van der Waals surface area contributed by atoms with E-state index in [2.05, 4.69) is 10.2 Å². The van der Waals surface area contributed by atoms with Gasteiger partial charge in [-0.05, 0) is 30.3 Å². The summed E-state index contributed by atoms with van der Waals surface area (Å²) in [5.74, 6) is 0.713. The molecule has 2 aromatic rings. The van der Waals surface area contributed by atoms with Crippen LogP contribution in [0.3, 0.4) is 0 Å². The maximum absolute atomic E-state index is 10.8. The Morgan fingerprint density at radius 3 is 2.37 bits per heavy atom. The summed E-state index contributed by atoms with van der Waals surface area (Å²) in [7, 11) is 1.57. The second kappa shape index (κ2) is 5.72. The van der Waals surface area contributed by atoms with Gasteiger partial charge >= 0.3 is 0 Å². The van der Waals surface area contributed by atoms with E-state index in [9.17, 15) is 10.1 Å². The molecule has 0 amide bonds. The van der Waals surface area contributed by atoms with Crippen LogP contribution in [-0.4, -0.2) is 12.0 Å². The maximum Gasteiger partial charge on any atom is 0.296 e. The van der Waals surface area contributed by atoms with E-state index in [0.29, 0.717) is 11.4 Å². The zero-order valence-corrected chi connectivity index (χ0v) is 10.2. The van der Waals surface area contributed by atoms with Gasteiger partial charge in [0.1, 0.15) is 5.75 Å². The van der Waals surface area contributed by atoms with Crippen molar-refractivity contribution in [3.63, 3.8) is 0 Å². The van der Waals surface area contributed by atoms with Gasteiger partial charge in [-0.25, -0.2) is 0 Å². The van der Waals surface area contributed by atoms with Gasteiger partial charge in [0.15, 0.2) is 5.69 Å². The number of hydrogen-bond donors (Lipinski definition) is 0. The number of nitrogens with zero attached hydrogens (tertiary/aromatic N) is 3. The molecule has 0 spiro atoms. The number of methoxy groups -OCH3 is 1. The molecular weight excluding hydrogens is 246 g/mol. The highest BCUT2D eigenvalue weighted by Gasteiger charge is 2.11. The average Bonchev–Trinajstić information content (AvgIpc) is 2.46. The molecule has 6 nitrogen and oxygen atoms in total. The molecule has 6 heteroatoms. The molecule has 96 valence electrons. The van der Waals surface area contributed by atoms with Crippen LogP contribution in [0.5, 0.6) is 5.75 Å². The highest BCUT2D eigenvalue weighted by molar-refractivity contribution is 5.56. The molecule has 0 N–H and O–H groups in total. The molecule has 0 heterocycles. The first-order valence-electron chi connectivity index (χ1n) is 5.50. The van der Waals surface area contributed by atoms with Gasteiger partial charge in [-0.3, -0.25) is 10.1 Å². The fourth-order valence-corrected chi connectivity index (χ4v) is 1.46. The molecule has 0 aliphatic rings. The van der Waals surface area contributed by atoms with Crippen LogP contribution in [0.25, 0.3) is 0 Å². The third-order valence-electron chi connectivity index (χ3n) is 2.42. The smallest absolute Gasteiger partial charge is 0.296 e. The van der Waals surface area contributed by atoms with Crippen LogP contribution in [0.4, 0.5) is 17.1 Å². The van der Waals surface area contributed by atoms with Gasteiger partial charge in [0.05, 0.1) is 17.7 Å². The van der Waals surface area contributed by atoms with E-state index in [1.54, 1.807) is 49.6 Å². The van der Waals surface area contributed by atoms with Gasteiger partial charge in [-0.1, -0.05) is 12.1 Å². The molecule has 0 aromatic heterocycles. The number of azo groups is 1. The highest BCUT2D eigenvalue weighted by Crippen LogP contribution is 2.28. The van der Waals surface area contributed by atoms with E-state index in [-0.39, 0.29) is 11.4 Å². The second-order valence-corrected chi connectivity index (χ2v) is 3.64. The molecular formula is C13H11N3O3. The predicted octanol–water partition coefficient (Wildman–Crippen LogP) is 4.02. The Bertz CT molecular complexity index is 609. The average molecular weight is 257 g/mol. The van der Waals surface area contributed by atoms with Gasteiger partial charge in [-0.2, -0.15) is 5.11 Å². The fourth-order valence-electron chi connectivity index (χ4n) is 1.46. The third-order valence-corrected chi connectivity index (χ3v) is 2.42. The molecule has 0 aliphatic carbocycles. The van der Waals surface area contributed by atoms with Crippen molar-refractivity contribution >= 4 is 17.1 Å². The summed E-state index contributed by atoms with van der Waals surface area (Å²) < 4.78 is 5.02. The number of hydrogen-bond acceptors (Lipinski definition) is 5. The molecule has 0 saturated carbocycles. The summed E-state index contributed by atoms with van der Waals surface area (Å²) in [4.78, 5) is 10.3. The first kappa shape index (κ1) is 12.7. The fraction of sp³-hybridized carbons (Fsp3) is 0.0769. The first-order chi connectivity index (χ1) is 9.20. The lowest BCUT2D eigenvalue weighted by molar-refractivity contribution is -0.384. The standard InChI is InChI=1S/C13H11N3O3/c1-19-11-8-6-10(7-9-11)14-15-12-4-2-3-5-13(12)16(17)18/h2-9H,1H3. The molecule has 2 aromatic carbocycles. The van der Waals surface area contributed by atoms with Crippen LogP contribution >= 0.6 is 0 Å². The summed E-state index contributed by atoms with van der Waals surface area (Å²) in [6.45, 7) is 0. The Kier molecular flexibility index (Phi) is 3.82. The lowest BCUT2D eigenvalue weighted by Crippen LogP contribution is -1.87. The Hall–Kier alpha value is -2.76. The molecule has 0 unspecified atom stereocenters. The Morgan fingerprint density at radius 2 is 1.74 bits per heavy atom. The first-order valence-corrected chi connectivity index (χ1v) is 5.50. The number of nitro groups is 1. The molecule has 2 rings (SSSR count). The van der Waals surface area contributed by atoms with Gasteiger partial charge in [0.2, 0.25) is 0 Å². The minimum Gasteiger partial charge on any atom is -0.497 e. The van der Waals surface area contributed by atoms with Gasteiger partial charge < -0.3 is 4.74 Å². The van der Waals surface area contributed by atoms with E-state index in [1.165, 1.54) is 6.07 Å². The van der Waals surface area contributed by atoms with E-state index in [0.717, 1.165) is 0 Å². The van der Waals surface area contributed by atoms with Gasteiger partial charge in [0.25, 0.3) is 5.69 Å². The molecule has 0 bridgehead atoms. The quantitative estimate of drug-likeness (QED) is 0.471. The summed E-state index contributed by atoms with van der Waals surface area (Å²) in [6.07, 6.45) is 0. The van der Waals surface area contributed by atoms with Crippen LogP contribution < -0.4 is 4.74 Å². The van der Waals surface area contributed by atoms with Gasteiger partial charge in [-0.15, -0.1) is 5.11 Å².